The first-order valence-corrected chi connectivity index (χ1v) is 6.31. The van der Waals surface area contributed by atoms with E-state index in [0.29, 0.717) is 19.0 Å². The first-order chi connectivity index (χ1) is 8.77. The molecule has 1 aromatic heterocycles. The van der Waals surface area contributed by atoms with Crippen molar-refractivity contribution >= 4 is 17.7 Å². The molecule has 104 valence electrons. The minimum atomic E-state index is -0.160. The highest BCUT2D eigenvalue weighted by Gasteiger charge is 2.34. The first kappa shape index (κ1) is 13.6. The minimum absolute atomic E-state index is 0.00117. The zero-order valence-electron chi connectivity index (χ0n) is 11.7. The Morgan fingerprint density at radius 3 is 2.53 bits per heavy atom. The van der Waals surface area contributed by atoms with Crippen molar-refractivity contribution in [3.63, 3.8) is 0 Å². The van der Waals surface area contributed by atoms with E-state index in [1.165, 1.54) is 6.92 Å². The SMILES string of the molecule is CC(=O)N1CC(C(=O)Nc2cc(C(C)(C)C)no2)C1. The summed E-state index contributed by atoms with van der Waals surface area (Å²) < 4.78 is 5.09. The second kappa shape index (κ2) is 4.68. The summed E-state index contributed by atoms with van der Waals surface area (Å²) >= 11 is 0. The number of rotatable bonds is 2. The summed E-state index contributed by atoms with van der Waals surface area (Å²) in [6.45, 7) is 8.51. The van der Waals surface area contributed by atoms with Gasteiger partial charge in [-0.2, -0.15) is 0 Å². The van der Waals surface area contributed by atoms with Crippen LogP contribution in [-0.4, -0.2) is 35.0 Å². The van der Waals surface area contributed by atoms with Crippen molar-refractivity contribution in [3.8, 4) is 0 Å². The van der Waals surface area contributed by atoms with Crippen LogP contribution in [0.3, 0.4) is 0 Å². The molecular weight excluding hydrogens is 246 g/mol. The van der Waals surface area contributed by atoms with Gasteiger partial charge in [0, 0.05) is 31.5 Å². The Bertz CT molecular complexity index is 495. The summed E-state index contributed by atoms with van der Waals surface area (Å²) in [6, 6.07) is 1.74. The van der Waals surface area contributed by atoms with E-state index < -0.39 is 0 Å². The lowest BCUT2D eigenvalue weighted by Gasteiger charge is -2.37. The molecule has 0 saturated carbocycles. The van der Waals surface area contributed by atoms with Crippen molar-refractivity contribution in [2.75, 3.05) is 18.4 Å². The number of nitrogens with one attached hydrogen (secondary N) is 1. The van der Waals surface area contributed by atoms with E-state index in [-0.39, 0.29) is 23.1 Å². The van der Waals surface area contributed by atoms with Crippen LogP contribution in [0.2, 0.25) is 0 Å². The summed E-state index contributed by atoms with van der Waals surface area (Å²) in [7, 11) is 0. The zero-order valence-corrected chi connectivity index (χ0v) is 11.7. The monoisotopic (exact) mass is 265 g/mol. The van der Waals surface area contributed by atoms with Crippen LogP contribution in [0, 0.1) is 5.92 Å². The van der Waals surface area contributed by atoms with Crippen molar-refractivity contribution in [2.24, 2.45) is 5.92 Å². The van der Waals surface area contributed by atoms with Crippen LogP contribution in [0.5, 0.6) is 0 Å². The molecule has 1 aromatic rings. The molecule has 1 saturated heterocycles. The minimum Gasteiger partial charge on any atom is -0.341 e. The number of carbonyl (C=O) groups is 2. The van der Waals surface area contributed by atoms with Gasteiger partial charge in [-0.3, -0.25) is 14.9 Å². The first-order valence-electron chi connectivity index (χ1n) is 6.31. The maximum absolute atomic E-state index is 11.9. The third kappa shape index (κ3) is 2.94. The smallest absolute Gasteiger partial charge is 0.233 e. The van der Waals surface area contributed by atoms with Gasteiger partial charge >= 0.3 is 0 Å². The zero-order chi connectivity index (χ0) is 14.2. The van der Waals surface area contributed by atoms with Crippen molar-refractivity contribution < 1.29 is 14.1 Å². The molecule has 0 radical (unpaired) electrons. The Balaban J connectivity index is 1.90. The molecule has 1 N–H and O–H groups in total. The lowest BCUT2D eigenvalue weighted by Crippen LogP contribution is -2.53. The molecule has 19 heavy (non-hydrogen) atoms. The number of hydrogen-bond acceptors (Lipinski definition) is 4. The fraction of sp³-hybridized carbons (Fsp3) is 0.615. The predicted molar refractivity (Wildman–Crippen MR) is 69.6 cm³/mol. The maximum Gasteiger partial charge on any atom is 0.233 e. The van der Waals surface area contributed by atoms with Crippen LogP contribution in [0.1, 0.15) is 33.4 Å². The highest BCUT2D eigenvalue weighted by Crippen LogP contribution is 2.24. The number of amides is 2. The van der Waals surface area contributed by atoms with Crippen molar-refractivity contribution in [2.45, 2.75) is 33.1 Å². The third-order valence-corrected chi connectivity index (χ3v) is 3.22. The summed E-state index contributed by atoms with van der Waals surface area (Å²) in [5.74, 6) is 0.0659. The number of nitrogens with zero attached hydrogens (tertiary/aromatic N) is 2. The number of carbonyl (C=O) groups excluding carboxylic acids is 2. The Morgan fingerprint density at radius 2 is 2.05 bits per heavy atom. The average molecular weight is 265 g/mol. The van der Waals surface area contributed by atoms with E-state index in [1.807, 2.05) is 20.8 Å². The molecule has 6 heteroatoms. The van der Waals surface area contributed by atoms with Gasteiger partial charge in [0.25, 0.3) is 0 Å². The van der Waals surface area contributed by atoms with Crippen LogP contribution in [0.4, 0.5) is 5.88 Å². The number of hydrogen-bond donors (Lipinski definition) is 1. The molecular formula is C13H19N3O3. The number of aromatic nitrogens is 1. The molecule has 0 aromatic carbocycles. The highest BCUT2D eigenvalue weighted by atomic mass is 16.5. The maximum atomic E-state index is 11.9. The third-order valence-electron chi connectivity index (χ3n) is 3.22. The summed E-state index contributed by atoms with van der Waals surface area (Å²) in [5.41, 5.74) is 0.677. The summed E-state index contributed by atoms with van der Waals surface area (Å²) in [4.78, 5) is 24.5. The van der Waals surface area contributed by atoms with Gasteiger partial charge in [0.05, 0.1) is 11.6 Å². The normalized spacial score (nSPS) is 16.1. The van der Waals surface area contributed by atoms with Crippen molar-refractivity contribution in [1.82, 2.24) is 10.1 Å². The molecule has 1 aliphatic heterocycles. The van der Waals surface area contributed by atoms with E-state index in [2.05, 4.69) is 10.5 Å². The van der Waals surface area contributed by atoms with Crippen LogP contribution < -0.4 is 5.32 Å². The molecule has 0 unspecified atom stereocenters. The predicted octanol–water partition coefficient (Wildman–Crippen LogP) is 1.39. The number of anilines is 1. The Labute approximate surface area is 112 Å². The van der Waals surface area contributed by atoms with Gasteiger partial charge < -0.3 is 9.42 Å². The molecule has 0 aliphatic carbocycles. The molecule has 6 nitrogen and oxygen atoms in total. The Kier molecular flexibility index (Phi) is 3.34. The largest absolute Gasteiger partial charge is 0.341 e. The Morgan fingerprint density at radius 1 is 1.42 bits per heavy atom. The second-order valence-corrected chi connectivity index (χ2v) is 5.94. The van der Waals surface area contributed by atoms with Crippen LogP contribution in [0.15, 0.2) is 10.6 Å². The topological polar surface area (TPSA) is 75.4 Å². The summed E-state index contributed by atoms with van der Waals surface area (Å²) in [5, 5.41) is 6.62. The molecule has 2 rings (SSSR count). The molecule has 0 atom stereocenters. The van der Waals surface area contributed by atoms with Gasteiger partial charge in [0.15, 0.2) is 0 Å². The average Bonchev–Trinajstić information content (AvgIpc) is 2.61. The molecule has 1 fully saturated rings. The molecule has 0 spiro atoms. The van der Waals surface area contributed by atoms with Gasteiger partial charge in [0.2, 0.25) is 17.7 Å². The standard InChI is InChI=1S/C13H19N3O3/c1-8(17)16-6-9(7-16)12(18)14-11-5-10(15-19-11)13(2,3)4/h5,9H,6-7H2,1-4H3,(H,14,18). The van der Waals surface area contributed by atoms with Crippen LogP contribution >= 0.6 is 0 Å². The molecule has 2 heterocycles. The summed E-state index contributed by atoms with van der Waals surface area (Å²) in [6.07, 6.45) is 0. The van der Waals surface area contributed by atoms with Gasteiger partial charge in [-0.05, 0) is 0 Å². The van der Waals surface area contributed by atoms with E-state index in [0.717, 1.165) is 5.69 Å². The van der Waals surface area contributed by atoms with Gasteiger partial charge in [-0.15, -0.1) is 0 Å². The van der Waals surface area contributed by atoms with Gasteiger partial charge in [0.1, 0.15) is 0 Å². The van der Waals surface area contributed by atoms with E-state index in [1.54, 1.807) is 11.0 Å². The molecule has 1 aliphatic rings. The molecule has 0 bridgehead atoms. The second-order valence-electron chi connectivity index (χ2n) is 5.94. The highest BCUT2D eigenvalue weighted by molar-refractivity contribution is 5.93. The van der Waals surface area contributed by atoms with E-state index in [9.17, 15) is 9.59 Å². The van der Waals surface area contributed by atoms with Gasteiger partial charge in [-0.25, -0.2) is 0 Å². The quantitative estimate of drug-likeness (QED) is 0.876. The van der Waals surface area contributed by atoms with Crippen LogP contribution in [-0.2, 0) is 15.0 Å². The van der Waals surface area contributed by atoms with Crippen molar-refractivity contribution in [3.05, 3.63) is 11.8 Å². The van der Waals surface area contributed by atoms with Crippen LogP contribution in [0.25, 0.3) is 0 Å². The lowest BCUT2D eigenvalue weighted by molar-refractivity contribution is -0.139. The van der Waals surface area contributed by atoms with E-state index >= 15 is 0 Å². The lowest BCUT2D eigenvalue weighted by atomic mass is 9.92. The Hall–Kier alpha value is -1.85. The number of likely N-dealkylation sites (tertiary alicyclic amines) is 1. The fourth-order valence-electron chi connectivity index (χ4n) is 1.81. The van der Waals surface area contributed by atoms with Gasteiger partial charge in [-0.1, -0.05) is 25.9 Å². The fourth-order valence-corrected chi connectivity index (χ4v) is 1.81. The molecule has 2 amide bonds. The van der Waals surface area contributed by atoms with E-state index in [4.69, 9.17) is 4.52 Å². The van der Waals surface area contributed by atoms with Crippen molar-refractivity contribution in [1.29, 1.82) is 0 Å².